The van der Waals surface area contributed by atoms with Gasteiger partial charge in [-0.15, -0.1) is 0 Å². The Hall–Kier alpha value is -2.64. The third kappa shape index (κ3) is 3.25. The molecule has 1 fully saturated rings. The fraction of sp³-hybridized carbons (Fsp3) is 0.467. The van der Waals surface area contributed by atoms with Crippen LogP contribution >= 0.6 is 0 Å². The molecule has 2 aromatic rings. The van der Waals surface area contributed by atoms with Gasteiger partial charge in [-0.25, -0.2) is 15.0 Å². The molecule has 0 aliphatic carbocycles. The average molecular weight is 316 g/mol. The minimum atomic E-state index is -0.368. The first-order chi connectivity index (χ1) is 11.2. The van der Waals surface area contributed by atoms with E-state index in [0.717, 1.165) is 37.6 Å². The van der Waals surface area contributed by atoms with Crippen molar-refractivity contribution in [1.29, 1.82) is 0 Å². The molecular weight excluding hydrogens is 296 g/mol. The van der Waals surface area contributed by atoms with Crippen molar-refractivity contribution in [3.05, 3.63) is 30.6 Å². The van der Waals surface area contributed by atoms with Crippen LogP contribution in [0.3, 0.4) is 0 Å². The first-order valence-corrected chi connectivity index (χ1v) is 7.58. The van der Waals surface area contributed by atoms with Crippen LogP contribution in [0.25, 0.3) is 0 Å². The van der Waals surface area contributed by atoms with Crippen molar-refractivity contribution in [2.75, 3.05) is 25.1 Å². The summed E-state index contributed by atoms with van der Waals surface area (Å²) in [5.41, 5.74) is 5.31. The zero-order chi connectivity index (χ0) is 16.2. The van der Waals surface area contributed by atoms with E-state index in [1.165, 1.54) is 0 Å². The summed E-state index contributed by atoms with van der Waals surface area (Å²) in [4.78, 5) is 26.4. The number of imidazole rings is 1. The third-order valence-electron chi connectivity index (χ3n) is 4.00. The maximum Gasteiger partial charge on any atom is 0.257 e. The van der Waals surface area contributed by atoms with E-state index in [-0.39, 0.29) is 18.4 Å². The second-order valence-corrected chi connectivity index (χ2v) is 5.55. The number of hydrogen-bond acceptors (Lipinski definition) is 6. The van der Waals surface area contributed by atoms with Gasteiger partial charge in [-0.2, -0.15) is 0 Å². The van der Waals surface area contributed by atoms with Crippen LogP contribution in [0.5, 0.6) is 5.88 Å². The molecule has 0 aromatic carbocycles. The molecule has 122 valence electrons. The number of nitrogens with zero attached hydrogens (tertiary/aromatic N) is 5. The standard InChI is InChI=1S/C15H20N6O2/c1-23-15-14(17-4-5-19-15)20-7-2-3-11(9-20)13-18-6-8-21(13)10-12(16)22/h4-6,8,11H,2-3,7,9-10H2,1H3,(H2,16,22)/t11-/m1/s1. The summed E-state index contributed by atoms with van der Waals surface area (Å²) in [7, 11) is 1.59. The van der Waals surface area contributed by atoms with Gasteiger partial charge in [-0.3, -0.25) is 4.79 Å². The Morgan fingerprint density at radius 2 is 2.17 bits per heavy atom. The molecule has 23 heavy (non-hydrogen) atoms. The highest BCUT2D eigenvalue weighted by atomic mass is 16.5. The molecule has 0 bridgehead atoms. The number of hydrogen-bond donors (Lipinski definition) is 1. The largest absolute Gasteiger partial charge is 0.478 e. The highest BCUT2D eigenvalue weighted by Gasteiger charge is 2.27. The maximum atomic E-state index is 11.2. The molecular formula is C15H20N6O2. The molecule has 8 nitrogen and oxygen atoms in total. The van der Waals surface area contributed by atoms with Crippen LogP contribution in [0.4, 0.5) is 5.82 Å². The van der Waals surface area contributed by atoms with Crippen molar-refractivity contribution in [1.82, 2.24) is 19.5 Å². The molecule has 0 radical (unpaired) electrons. The molecule has 1 aliphatic heterocycles. The van der Waals surface area contributed by atoms with Crippen molar-refractivity contribution in [3.63, 3.8) is 0 Å². The van der Waals surface area contributed by atoms with Gasteiger partial charge in [0.15, 0.2) is 5.82 Å². The van der Waals surface area contributed by atoms with Crippen LogP contribution in [0, 0.1) is 0 Å². The van der Waals surface area contributed by atoms with E-state index in [1.807, 2.05) is 4.57 Å². The number of methoxy groups -OCH3 is 1. The average Bonchev–Trinajstić information content (AvgIpc) is 3.02. The van der Waals surface area contributed by atoms with E-state index in [0.29, 0.717) is 5.88 Å². The smallest absolute Gasteiger partial charge is 0.257 e. The summed E-state index contributed by atoms with van der Waals surface area (Å²) in [6, 6.07) is 0. The molecule has 8 heteroatoms. The van der Waals surface area contributed by atoms with Crippen LogP contribution in [-0.2, 0) is 11.3 Å². The third-order valence-corrected chi connectivity index (χ3v) is 4.00. The normalized spacial score (nSPS) is 18.0. The van der Waals surface area contributed by atoms with Gasteiger partial charge in [0.25, 0.3) is 5.88 Å². The lowest BCUT2D eigenvalue weighted by molar-refractivity contribution is -0.118. The second kappa shape index (κ2) is 6.64. The Kier molecular flexibility index (Phi) is 4.40. The lowest BCUT2D eigenvalue weighted by Gasteiger charge is -2.33. The van der Waals surface area contributed by atoms with Gasteiger partial charge in [0.1, 0.15) is 12.4 Å². The van der Waals surface area contributed by atoms with Crippen molar-refractivity contribution in [3.8, 4) is 5.88 Å². The quantitative estimate of drug-likeness (QED) is 0.865. The summed E-state index contributed by atoms with van der Waals surface area (Å²) in [6.07, 6.45) is 8.80. The van der Waals surface area contributed by atoms with Gasteiger partial charge >= 0.3 is 0 Å². The summed E-state index contributed by atoms with van der Waals surface area (Å²) < 4.78 is 7.13. The number of primary amides is 1. The van der Waals surface area contributed by atoms with Crippen molar-refractivity contribution in [2.45, 2.75) is 25.3 Å². The fourth-order valence-electron chi connectivity index (χ4n) is 3.04. The number of piperidine rings is 1. The lowest BCUT2D eigenvalue weighted by Crippen LogP contribution is -2.36. The van der Waals surface area contributed by atoms with Gasteiger partial charge in [0, 0.05) is 43.8 Å². The minimum Gasteiger partial charge on any atom is -0.478 e. The number of carbonyl (C=O) groups excluding carboxylic acids is 1. The molecule has 1 aliphatic rings. The van der Waals surface area contributed by atoms with Crippen LogP contribution in [0.2, 0.25) is 0 Å². The lowest BCUT2D eigenvalue weighted by atomic mass is 9.97. The van der Waals surface area contributed by atoms with Gasteiger partial charge in [0.05, 0.1) is 7.11 Å². The van der Waals surface area contributed by atoms with Crippen LogP contribution in [-0.4, -0.2) is 45.6 Å². The topological polar surface area (TPSA) is 99.2 Å². The summed E-state index contributed by atoms with van der Waals surface area (Å²) in [5.74, 6) is 2.00. The number of rotatable bonds is 5. The molecule has 3 heterocycles. The van der Waals surface area contributed by atoms with Gasteiger partial charge in [-0.1, -0.05) is 0 Å². The summed E-state index contributed by atoms with van der Waals surface area (Å²) in [6.45, 7) is 1.80. The number of aromatic nitrogens is 4. The first-order valence-electron chi connectivity index (χ1n) is 7.58. The maximum absolute atomic E-state index is 11.2. The van der Waals surface area contributed by atoms with Crippen LogP contribution in [0.1, 0.15) is 24.6 Å². The molecule has 1 atom stereocenters. The second-order valence-electron chi connectivity index (χ2n) is 5.55. The molecule has 0 spiro atoms. The number of ether oxygens (including phenoxy) is 1. The SMILES string of the molecule is COc1nccnc1N1CCC[C@@H](c2nccn2CC(N)=O)C1. The van der Waals surface area contributed by atoms with Gasteiger partial charge in [0.2, 0.25) is 5.91 Å². The molecule has 0 unspecified atom stereocenters. The number of amides is 1. The summed E-state index contributed by atoms with van der Waals surface area (Å²) in [5, 5.41) is 0. The molecule has 1 amide bonds. The number of carbonyl (C=O) groups is 1. The van der Waals surface area contributed by atoms with E-state index in [2.05, 4.69) is 19.9 Å². The number of nitrogens with two attached hydrogens (primary N) is 1. The summed E-state index contributed by atoms with van der Waals surface area (Å²) >= 11 is 0. The molecule has 2 aromatic heterocycles. The predicted molar refractivity (Wildman–Crippen MR) is 84.2 cm³/mol. The van der Waals surface area contributed by atoms with Crippen molar-refractivity contribution in [2.24, 2.45) is 5.73 Å². The minimum absolute atomic E-state index is 0.153. The molecule has 2 N–H and O–H groups in total. The van der Waals surface area contributed by atoms with E-state index in [4.69, 9.17) is 10.5 Å². The van der Waals surface area contributed by atoms with Crippen LogP contribution in [0.15, 0.2) is 24.8 Å². The van der Waals surface area contributed by atoms with Gasteiger partial charge < -0.3 is 19.9 Å². The molecule has 1 saturated heterocycles. The van der Waals surface area contributed by atoms with E-state index in [9.17, 15) is 4.79 Å². The fourth-order valence-corrected chi connectivity index (χ4v) is 3.04. The van der Waals surface area contributed by atoms with Crippen LogP contribution < -0.4 is 15.4 Å². The first kappa shape index (κ1) is 15.3. The highest BCUT2D eigenvalue weighted by molar-refractivity contribution is 5.73. The van der Waals surface area contributed by atoms with Gasteiger partial charge in [-0.05, 0) is 12.8 Å². The van der Waals surface area contributed by atoms with E-state index in [1.54, 1.807) is 31.9 Å². The Labute approximate surface area is 134 Å². The van der Waals surface area contributed by atoms with E-state index < -0.39 is 0 Å². The predicted octanol–water partition coefficient (Wildman–Crippen LogP) is 0.551. The van der Waals surface area contributed by atoms with Crippen molar-refractivity contribution < 1.29 is 9.53 Å². The number of anilines is 1. The highest BCUT2D eigenvalue weighted by Crippen LogP contribution is 2.31. The zero-order valence-electron chi connectivity index (χ0n) is 13.1. The van der Waals surface area contributed by atoms with E-state index >= 15 is 0 Å². The molecule has 3 rings (SSSR count). The Morgan fingerprint density at radius 1 is 1.35 bits per heavy atom. The zero-order valence-corrected chi connectivity index (χ0v) is 13.1. The Bertz CT molecular complexity index is 686. The Morgan fingerprint density at radius 3 is 2.96 bits per heavy atom. The monoisotopic (exact) mass is 316 g/mol. The molecule has 0 saturated carbocycles. The Balaban J connectivity index is 1.81. The van der Waals surface area contributed by atoms with Crippen molar-refractivity contribution >= 4 is 11.7 Å².